The largest absolute Gasteiger partial charge is 0.207 e. The minimum absolute atomic E-state index is 0.221. The van der Waals surface area contributed by atoms with Crippen molar-refractivity contribution < 1.29 is 13.2 Å². The SMILES string of the molecule is CCCc1cc(F)c(C#Cc2ccc(-c3ccc(CC)c(F)c3)cc2)c(F)c1. The van der Waals surface area contributed by atoms with Gasteiger partial charge in [0.1, 0.15) is 17.5 Å². The molecule has 0 spiro atoms. The molecule has 3 rings (SSSR count). The van der Waals surface area contributed by atoms with Gasteiger partial charge in [0, 0.05) is 5.56 Å². The van der Waals surface area contributed by atoms with Crippen LogP contribution in [0.1, 0.15) is 42.5 Å². The summed E-state index contributed by atoms with van der Waals surface area (Å²) in [6.45, 7) is 3.87. The van der Waals surface area contributed by atoms with Gasteiger partial charge in [-0.05, 0) is 65.4 Å². The van der Waals surface area contributed by atoms with Gasteiger partial charge in [-0.15, -0.1) is 0 Å². The quantitative estimate of drug-likeness (QED) is 0.444. The fourth-order valence-electron chi connectivity index (χ4n) is 3.07. The lowest BCUT2D eigenvalue weighted by Crippen LogP contribution is -1.94. The Morgan fingerprint density at radius 1 is 0.714 bits per heavy atom. The molecule has 0 N–H and O–H groups in total. The van der Waals surface area contributed by atoms with Gasteiger partial charge in [0.25, 0.3) is 0 Å². The number of aryl methyl sites for hydroxylation is 2. The third kappa shape index (κ3) is 4.46. The van der Waals surface area contributed by atoms with Gasteiger partial charge in [-0.1, -0.05) is 56.4 Å². The number of halogens is 3. The number of hydrogen-bond acceptors (Lipinski definition) is 0. The molecule has 0 unspecified atom stereocenters. The fourth-order valence-corrected chi connectivity index (χ4v) is 3.07. The van der Waals surface area contributed by atoms with Crippen molar-refractivity contribution in [2.75, 3.05) is 0 Å². The van der Waals surface area contributed by atoms with Crippen LogP contribution in [0.5, 0.6) is 0 Å². The van der Waals surface area contributed by atoms with Crippen molar-refractivity contribution in [3.05, 3.63) is 94.3 Å². The zero-order valence-electron chi connectivity index (χ0n) is 16.0. The molecule has 28 heavy (non-hydrogen) atoms. The topological polar surface area (TPSA) is 0 Å². The van der Waals surface area contributed by atoms with Gasteiger partial charge in [-0.2, -0.15) is 0 Å². The molecule has 3 heteroatoms. The van der Waals surface area contributed by atoms with Crippen LogP contribution in [0.2, 0.25) is 0 Å². The average molecular weight is 378 g/mol. The van der Waals surface area contributed by atoms with Gasteiger partial charge in [0.2, 0.25) is 0 Å². The highest BCUT2D eigenvalue weighted by atomic mass is 19.1. The molecule has 0 aromatic heterocycles. The second-order valence-electron chi connectivity index (χ2n) is 6.67. The maximum atomic E-state index is 14.1. The van der Waals surface area contributed by atoms with E-state index >= 15 is 0 Å². The molecule has 0 bridgehead atoms. The summed E-state index contributed by atoms with van der Waals surface area (Å²) in [5.74, 6) is 3.89. The summed E-state index contributed by atoms with van der Waals surface area (Å²) >= 11 is 0. The first-order valence-electron chi connectivity index (χ1n) is 9.40. The van der Waals surface area contributed by atoms with Crippen molar-refractivity contribution in [2.24, 2.45) is 0 Å². The molecule has 0 saturated carbocycles. The van der Waals surface area contributed by atoms with Crippen molar-refractivity contribution in [2.45, 2.75) is 33.1 Å². The molecule has 0 radical (unpaired) electrons. The Labute approximate surface area is 164 Å². The monoisotopic (exact) mass is 378 g/mol. The molecule has 0 saturated heterocycles. The molecule has 0 fully saturated rings. The first-order chi connectivity index (χ1) is 13.5. The standard InChI is InChI=1S/C25H21F3/c1-3-5-18-14-24(27)22(25(28)15-18)13-8-17-6-9-20(10-7-17)21-12-11-19(4-2)23(26)16-21/h6-7,9-12,14-16H,3-5H2,1-2H3. The van der Waals surface area contributed by atoms with Gasteiger partial charge < -0.3 is 0 Å². The smallest absolute Gasteiger partial charge is 0.142 e. The Morgan fingerprint density at radius 3 is 1.93 bits per heavy atom. The zero-order valence-corrected chi connectivity index (χ0v) is 16.0. The molecule has 0 heterocycles. The molecule has 0 atom stereocenters. The van der Waals surface area contributed by atoms with E-state index in [1.54, 1.807) is 18.2 Å². The van der Waals surface area contributed by atoms with Crippen LogP contribution in [0.25, 0.3) is 11.1 Å². The van der Waals surface area contributed by atoms with Gasteiger partial charge in [0.15, 0.2) is 0 Å². The third-order valence-electron chi connectivity index (χ3n) is 4.62. The van der Waals surface area contributed by atoms with E-state index < -0.39 is 11.6 Å². The van der Waals surface area contributed by atoms with E-state index in [-0.39, 0.29) is 11.4 Å². The van der Waals surface area contributed by atoms with Crippen molar-refractivity contribution >= 4 is 0 Å². The summed E-state index contributed by atoms with van der Waals surface area (Å²) in [5, 5.41) is 0. The molecular weight excluding hydrogens is 357 g/mol. The molecule has 142 valence electrons. The van der Waals surface area contributed by atoms with E-state index in [1.807, 2.05) is 32.0 Å². The molecule has 0 amide bonds. The van der Waals surface area contributed by atoms with Crippen molar-refractivity contribution in [3.63, 3.8) is 0 Å². The summed E-state index contributed by atoms with van der Waals surface area (Å²) in [5.41, 5.74) is 3.35. The molecule has 3 aromatic carbocycles. The summed E-state index contributed by atoms with van der Waals surface area (Å²) in [4.78, 5) is 0. The van der Waals surface area contributed by atoms with Crippen LogP contribution >= 0.6 is 0 Å². The normalized spacial score (nSPS) is 10.5. The maximum Gasteiger partial charge on any atom is 0.142 e. The Balaban J connectivity index is 1.83. The van der Waals surface area contributed by atoms with Crippen molar-refractivity contribution in [3.8, 4) is 23.0 Å². The Kier molecular flexibility index (Phi) is 6.21. The summed E-state index contributed by atoms with van der Waals surface area (Å²) in [6, 6.07) is 15.0. The van der Waals surface area contributed by atoms with E-state index in [9.17, 15) is 13.2 Å². The molecule has 0 nitrogen and oxygen atoms in total. The highest BCUT2D eigenvalue weighted by Gasteiger charge is 2.09. The molecule has 0 aliphatic carbocycles. The third-order valence-corrected chi connectivity index (χ3v) is 4.62. The lowest BCUT2D eigenvalue weighted by Gasteiger charge is -2.05. The van der Waals surface area contributed by atoms with Crippen LogP contribution in [0, 0.1) is 29.3 Å². The van der Waals surface area contributed by atoms with Crippen LogP contribution in [0.15, 0.2) is 54.6 Å². The van der Waals surface area contributed by atoms with E-state index in [1.165, 1.54) is 18.2 Å². The Hall–Kier alpha value is -2.99. The van der Waals surface area contributed by atoms with Gasteiger partial charge in [-0.3, -0.25) is 0 Å². The predicted molar refractivity (Wildman–Crippen MR) is 108 cm³/mol. The summed E-state index contributed by atoms with van der Waals surface area (Å²) < 4.78 is 42.3. The highest BCUT2D eigenvalue weighted by molar-refractivity contribution is 5.65. The van der Waals surface area contributed by atoms with Crippen LogP contribution in [0.4, 0.5) is 13.2 Å². The van der Waals surface area contributed by atoms with Gasteiger partial charge in [0.05, 0.1) is 5.56 Å². The minimum atomic E-state index is -0.640. The lowest BCUT2D eigenvalue weighted by molar-refractivity contribution is 0.573. The average Bonchev–Trinajstić information content (AvgIpc) is 2.68. The number of rotatable bonds is 4. The minimum Gasteiger partial charge on any atom is -0.207 e. The van der Waals surface area contributed by atoms with Gasteiger partial charge in [-0.25, -0.2) is 13.2 Å². The van der Waals surface area contributed by atoms with Crippen molar-refractivity contribution in [1.82, 2.24) is 0 Å². The Morgan fingerprint density at radius 2 is 1.36 bits per heavy atom. The first-order valence-corrected chi connectivity index (χ1v) is 9.40. The van der Waals surface area contributed by atoms with Crippen LogP contribution in [-0.4, -0.2) is 0 Å². The molecule has 3 aromatic rings. The zero-order chi connectivity index (χ0) is 20.1. The molecule has 0 aliphatic heterocycles. The fraction of sp³-hybridized carbons (Fsp3) is 0.200. The number of benzene rings is 3. The van der Waals surface area contributed by atoms with Crippen LogP contribution in [0.3, 0.4) is 0 Å². The highest BCUT2D eigenvalue weighted by Crippen LogP contribution is 2.23. The first kappa shape index (κ1) is 19.8. The predicted octanol–water partition coefficient (Wildman–Crippen LogP) is 6.69. The van der Waals surface area contributed by atoms with Crippen LogP contribution in [-0.2, 0) is 12.8 Å². The molecular formula is C25H21F3. The van der Waals surface area contributed by atoms with Crippen LogP contribution < -0.4 is 0 Å². The Bertz CT molecular complexity index is 1010. The van der Waals surface area contributed by atoms with E-state index in [0.29, 0.717) is 29.5 Å². The van der Waals surface area contributed by atoms with E-state index in [4.69, 9.17) is 0 Å². The van der Waals surface area contributed by atoms with Crippen molar-refractivity contribution in [1.29, 1.82) is 0 Å². The summed E-state index contributed by atoms with van der Waals surface area (Å²) in [6.07, 6.45) is 2.09. The maximum absolute atomic E-state index is 14.1. The lowest BCUT2D eigenvalue weighted by atomic mass is 10.0. The molecule has 0 aliphatic rings. The summed E-state index contributed by atoms with van der Waals surface area (Å²) in [7, 11) is 0. The van der Waals surface area contributed by atoms with E-state index in [0.717, 1.165) is 17.5 Å². The van der Waals surface area contributed by atoms with E-state index in [2.05, 4.69) is 11.8 Å². The second kappa shape index (κ2) is 8.80. The number of hydrogen-bond donors (Lipinski definition) is 0. The van der Waals surface area contributed by atoms with Gasteiger partial charge >= 0.3 is 0 Å². The second-order valence-corrected chi connectivity index (χ2v) is 6.67.